The van der Waals surface area contributed by atoms with Gasteiger partial charge in [0.2, 0.25) is 5.91 Å². The predicted molar refractivity (Wildman–Crippen MR) is 106 cm³/mol. The number of amides is 1. The first-order chi connectivity index (χ1) is 13.5. The number of carbonyl (C=O) groups is 2. The summed E-state index contributed by atoms with van der Waals surface area (Å²) in [4.78, 5) is 33.9. The van der Waals surface area contributed by atoms with Gasteiger partial charge in [0.15, 0.2) is 0 Å². The second-order valence-electron chi connectivity index (χ2n) is 8.64. The molecule has 1 aromatic heterocycles. The fourth-order valence-electron chi connectivity index (χ4n) is 5.09. The molecule has 1 spiro atoms. The number of fused-ring (bicyclic) bond motifs is 2. The van der Waals surface area contributed by atoms with Crippen molar-refractivity contribution in [3.63, 3.8) is 0 Å². The van der Waals surface area contributed by atoms with Gasteiger partial charge in [-0.1, -0.05) is 6.42 Å². The molecule has 2 fully saturated rings. The van der Waals surface area contributed by atoms with Gasteiger partial charge in [-0.2, -0.15) is 0 Å². The number of ether oxygens (including phenoxy) is 1. The summed E-state index contributed by atoms with van der Waals surface area (Å²) in [5, 5.41) is 0. The Morgan fingerprint density at radius 1 is 1.29 bits per heavy atom. The molecule has 6 heteroatoms. The monoisotopic (exact) mass is 385 g/mol. The van der Waals surface area contributed by atoms with Crippen LogP contribution in [0.25, 0.3) is 0 Å². The lowest BCUT2D eigenvalue weighted by Gasteiger charge is -2.37. The minimum atomic E-state index is -0.552. The van der Waals surface area contributed by atoms with Crippen LogP contribution in [-0.2, 0) is 15.1 Å². The highest BCUT2D eigenvalue weighted by Crippen LogP contribution is 2.48. The summed E-state index contributed by atoms with van der Waals surface area (Å²) >= 11 is 0. The first-order valence-corrected chi connectivity index (χ1v) is 10.7. The van der Waals surface area contributed by atoms with Crippen LogP contribution in [0.3, 0.4) is 0 Å². The molecule has 0 N–H and O–H groups in total. The Morgan fingerprint density at radius 3 is 2.71 bits per heavy atom. The molecule has 1 amide bonds. The van der Waals surface area contributed by atoms with Gasteiger partial charge >= 0.3 is 5.97 Å². The molecular formula is C22H31N3O3. The molecule has 0 bridgehead atoms. The van der Waals surface area contributed by atoms with Gasteiger partial charge < -0.3 is 14.5 Å². The molecule has 152 valence electrons. The van der Waals surface area contributed by atoms with Crippen molar-refractivity contribution in [3.8, 4) is 0 Å². The Bertz CT molecular complexity index is 749. The third-order valence-electron chi connectivity index (χ3n) is 6.84. The number of carbonyl (C=O) groups excluding carboxylic acids is 2. The van der Waals surface area contributed by atoms with Gasteiger partial charge in [0.25, 0.3) is 0 Å². The van der Waals surface area contributed by atoms with E-state index in [2.05, 4.69) is 9.88 Å². The van der Waals surface area contributed by atoms with Crippen LogP contribution < -0.4 is 0 Å². The van der Waals surface area contributed by atoms with Crippen molar-refractivity contribution < 1.29 is 14.3 Å². The lowest BCUT2D eigenvalue weighted by molar-refractivity contribution is -0.137. The van der Waals surface area contributed by atoms with Crippen molar-refractivity contribution in [2.75, 3.05) is 33.2 Å². The van der Waals surface area contributed by atoms with Crippen LogP contribution in [0.15, 0.2) is 12.3 Å². The molecule has 3 heterocycles. The summed E-state index contributed by atoms with van der Waals surface area (Å²) in [5.41, 5.74) is 1.78. The normalized spacial score (nSPS) is 27.5. The van der Waals surface area contributed by atoms with E-state index in [1.807, 2.05) is 24.9 Å². The number of pyridine rings is 1. The van der Waals surface area contributed by atoms with Gasteiger partial charge in [0, 0.05) is 37.8 Å². The zero-order chi connectivity index (χ0) is 19.7. The highest BCUT2D eigenvalue weighted by Gasteiger charge is 2.49. The Morgan fingerprint density at radius 2 is 2.00 bits per heavy atom. The summed E-state index contributed by atoms with van der Waals surface area (Å²) in [6, 6.07) is 1.92. The van der Waals surface area contributed by atoms with Crippen molar-refractivity contribution in [2.45, 2.75) is 57.5 Å². The Kier molecular flexibility index (Phi) is 5.41. The lowest BCUT2D eigenvalue weighted by atomic mass is 9.74. The fourth-order valence-corrected chi connectivity index (χ4v) is 5.09. The minimum Gasteiger partial charge on any atom is -0.450 e. The Hall–Kier alpha value is -1.95. The molecular weight excluding hydrogens is 354 g/mol. The van der Waals surface area contributed by atoms with Crippen LogP contribution in [0.5, 0.6) is 0 Å². The molecule has 0 unspecified atom stereocenters. The first kappa shape index (κ1) is 19.4. The van der Waals surface area contributed by atoms with E-state index in [1.165, 1.54) is 19.3 Å². The van der Waals surface area contributed by atoms with Crippen LogP contribution in [0, 0.1) is 12.8 Å². The standard InChI is InChI=1S/C22H31N3O3/c1-16-19-18(8-11-23-16)22(28-21(19)27)9-6-17(7-10-22)20(26)24(2)14-15-25-12-4-3-5-13-25/h8,11,17H,3-7,9-10,12-15H2,1-2H3/t17-,22-. The van der Waals surface area contributed by atoms with E-state index in [9.17, 15) is 9.59 Å². The number of aryl methyl sites for hydroxylation is 1. The van der Waals surface area contributed by atoms with Crippen LogP contribution in [0.4, 0.5) is 0 Å². The summed E-state index contributed by atoms with van der Waals surface area (Å²) in [5.74, 6) is 0.00834. The molecule has 3 aliphatic rings. The number of rotatable bonds is 4. The molecule has 1 aromatic rings. The van der Waals surface area contributed by atoms with Crippen molar-refractivity contribution in [1.82, 2.24) is 14.8 Å². The fraction of sp³-hybridized carbons (Fsp3) is 0.682. The zero-order valence-corrected chi connectivity index (χ0v) is 17.1. The maximum Gasteiger partial charge on any atom is 0.341 e. The summed E-state index contributed by atoms with van der Waals surface area (Å²) in [7, 11) is 1.93. The van der Waals surface area contributed by atoms with E-state index in [1.54, 1.807) is 6.20 Å². The van der Waals surface area contributed by atoms with Crippen molar-refractivity contribution in [1.29, 1.82) is 0 Å². The van der Waals surface area contributed by atoms with E-state index >= 15 is 0 Å². The molecule has 1 aliphatic carbocycles. The van der Waals surface area contributed by atoms with Gasteiger partial charge in [-0.15, -0.1) is 0 Å². The number of hydrogen-bond donors (Lipinski definition) is 0. The number of esters is 1. The molecule has 0 atom stereocenters. The van der Waals surface area contributed by atoms with E-state index < -0.39 is 5.60 Å². The molecule has 28 heavy (non-hydrogen) atoms. The average Bonchev–Trinajstić information content (AvgIpc) is 2.99. The lowest BCUT2D eigenvalue weighted by Crippen LogP contribution is -2.43. The number of piperidine rings is 1. The number of aromatic nitrogens is 1. The average molecular weight is 386 g/mol. The van der Waals surface area contributed by atoms with Gasteiger partial charge in [-0.25, -0.2) is 4.79 Å². The number of likely N-dealkylation sites (tertiary alicyclic amines) is 1. The molecule has 1 saturated heterocycles. The predicted octanol–water partition coefficient (Wildman–Crippen LogP) is 2.89. The molecule has 4 rings (SSSR count). The number of hydrogen-bond acceptors (Lipinski definition) is 5. The quantitative estimate of drug-likeness (QED) is 0.746. The molecule has 0 aromatic carbocycles. The third kappa shape index (κ3) is 3.54. The van der Waals surface area contributed by atoms with Crippen LogP contribution >= 0.6 is 0 Å². The Balaban J connectivity index is 1.35. The van der Waals surface area contributed by atoms with Crippen LogP contribution in [-0.4, -0.2) is 59.9 Å². The Labute approximate surface area is 167 Å². The first-order valence-electron chi connectivity index (χ1n) is 10.7. The van der Waals surface area contributed by atoms with Crippen molar-refractivity contribution in [3.05, 3.63) is 29.1 Å². The van der Waals surface area contributed by atoms with E-state index in [0.29, 0.717) is 18.4 Å². The summed E-state index contributed by atoms with van der Waals surface area (Å²) < 4.78 is 5.85. The van der Waals surface area contributed by atoms with E-state index in [-0.39, 0.29) is 17.8 Å². The van der Waals surface area contributed by atoms with Crippen LogP contribution in [0.1, 0.15) is 66.6 Å². The zero-order valence-electron chi connectivity index (χ0n) is 17.1. The maximum atomic E-state index is 12.9. The van der Waals surface area contributed by atoms with E-state index in [0.717, 1.165) is 50.3 Å². The highest BCUT2D eigenvalue weighted by molar-refractivity contribution is 5.95. The van der Waals surface area contributed by atoms with E-state index in [4.69, 9.17) is 4.74 Å². The van der Waals surface area contributed by atoms with Crippen LogP contribution in [0.2, 0.25) is 0 Å². The summed E-state index contributed by atoms with van der Waals surface area (Å²) in [6.07, 6.45) is 8.59. The number of nitrogens with zero attached hydrogens (tertiary/aromatic N) is 3. The topological polar surface area (TPSA) is 62.7 Å². The largest absolute Gasteiger partial charge is 0.450 e. The third-order valence-corrected chi connectivity index (χ3v) is 6.84. The maximum absolute atomic E-state index is 12.9. The molecule has 6 nitrogen and oxygen atoms in total. The highest BCUT2D eigenvalue weighted by atomic mass is 16.6. The van der Waals surface area contributed by atoms with Gasteiger partial charge in [-0.3, -0.25) is 9.78 Å². The molecule has 0 radical (unpaired) electrons. The van der Waals surface area contributed by atoms with Crippen molar-refractivity contribution >= 4 is 11.9 Å². The molecule has 1 saturated carbocycles. The SMILES string of the molecule is Cc1nccc2c1C(=O)O[C@]21CC[C@H](C(=O)N(C)CCN2CCCCC2)CC1. The minimum absolute atomic E-state index is 0.0302. The van der Waals surface area contributed by atoms with Gasteiger partial charge in [0.05, 0.1) is 11.3 Å². The van der Waals surface area contributed by atoms with Crippen molar-refractivity contribution in [2.24, 2.45) is 5.92 Å². The van der Waals surface area contributed by atoms with Gasteiger partial charge in [-0.05, 0) is 64.6 Å². The second-order valence-corrected chi connectivity index (χ2v) is 8.64. The second kappa shape index (κ2) is 7.82. The smallest absolute Gasteiger partial charge is 0.341 e. The summed E-state index contributed by atoms with van der Waals surface area (Å²) in [6.45, 7) is 5.94. The molecule has 2 aliphatic heterocycles. The van der Waals surface area contributed by atoms with Gasteiger partial charge in [0.1, 0.15) is 5.60 Å². The number of likely N-dealkylation sites (N-methyl/N-ethyl adjacent to an activating group) is 1.